The van der Waals surface area contributed by atoms with E-state index in [4.69, 9.17) is 0 Å². The first-order valence-electron chi connectivity index (χ1n) is 19.2. The molecule has 0 radical (unpaired) electrons. The fourth-order valence-corrected chi connectivity index (χ4v) is 10.9. The Hall–Kier alpha value is -5.72. The first-order valence-corrected chi connectivity index (χ1v) is 19.2. The van der Waals surface area contributed by atoms with E-state index < -0.39 is 0 Å². The van der Waals surface area contributed by atoms with Crippen molar-refractivity contribution in [2.45, 2.75) is 57.8 Å². The van der Waals surface area contributed by atoms with Crippen LogP contribution in [-0.2, 0) is 16.2 Å². The molecule has 0 saturated carbocycles. The molecule has 3 aliphatic carbocycles. The molecule has 0 fully saturated rings. The van der Waals surface area contributed by atoms with Crippen LogP contribution in [-0.4, -0.2) is 0 Å². The largest absolute Gasteiger partial charge is 0.0619 e. The zero-order valence-corrected chi connectivity index (χ0v) is 31.4. The van der Waals surface area contributed by atoms with Crippen LogP contribution in [0.25, 0.3) is 77.2 Å². The summed E-state index contributed by atoms with van der Waals surface area (Å²) in [7, 11) is 0. The van der Waals surface area contributed by atoms with Crippen molar-refractivity contribution >= 4 is 21.5 Å². The van der Waals surface area contributed by atoms with Crippen molar-refractivity contribution in [2.24, 2.45) is 0 Å². The smallest absolute Gasteiger partial charge is 0.0162 e. The van der Waals surface area contributed by atoms with E-state index >= 15 is 0 Å². The van der Waals surface area contributed by atoms with Crippen LogP contribution in [0, 0.1) is 0 Å². The molecule has 8 aromatic rings. The zero-order chi connectivity index (χ0) is 36.0. The quantitative estimate of drug-likeness (QED) is 0.160. The molecule has 3 aliphatic rings. The molecule has 8 aromatic carbocycles. The van der Waals surface area contributed by atoms with Gasteiger partial charge in [0.15, 0.2) is 0 Å². The maximum absolute atomic E-state index is 2.53. The van der Waals surface area contributed by atoms with Crippen LogP contribution in [0.1, 0.15) is 74.9 Å². The number of rotatable bonds is 2. The highest BCUT2D eigenvalue weighted by molar-refractivity contribution is 6.21. The summed E-state index contributed by atoms with van der Waals surface area (Å²) in [5.41, 5.74) is 21.9. The highest BCUT2D eigenvalue weighted by Gasteiger charge is 2.45. The van der Waals surface area contributed by atoms with E-state index in [1.807, 2.05) is 0 Å². The minimum Gasteiger partial charge on any atom is -0.0619 e. The molecular formula is C53H42. The zero-order valence-electron chi connectivity index (χ0n) is 31.4. The van der Waals surface area contributed by atoms with E-state index in [2.05, 4.69) is 187 Å². The lowest BCUT2D eigenvalue weighted by Gasteiger charge is -2.31. The molecule has 0 aromatic heterocycles. The van der Waals surface area contributed by atoms with Crippen LogP contribution in [0.15, 0.2) is 146 Å². The number of hydrogen-bond donors (Lipinski definition) is 0. The average Bonchev–Trinajstić information content (AvgIpc) is 3.66. The molecule has 254 valence electrons. The molecule has 0 aliphatic heterocycles. The van der Waals surface area contributed by atoms with Gasteiger partial charge in [0, 0.05) is 16.2 Å². The summed E-state index contributed by atoms with van der Waals surface area (Å²) in [5, 5.41) is 5.20. The Morgan fingerprint density at radius 2 is 0.604 bits per heavy atom. The highest BCUT2D eigenvalue weighted by atomic mass is 14.5. The summed E-state index contributed by atoms with van der Waals surface area (Å²) in [4.78, 5) is 0. The Morgan fingerprint density at radius 3 is 1.09 bits per heavy atom. The molecule has 0 saturated heterocycles. The Labute approximate surface area is 312 Å². The molecule has 0 N–H and O–H groups in total. The maximum Gasteiger partial charge on any atom is 0.0162 e. The van der Waals surface area contributed by atoms with Crippen LogP contribution < -0.4 is 0 Å². The standard InChI is InChI=1S/C53H42/c1-51(2)43-21-13-11-15-33(43)35-25-23-31(29-45(35)51)47-37-17-7-9-19-39(37)48(40-20-10-8-18-38(40)47)32-24-26-36-42-28-27-41-34-16-12-14-22-44(34)52(3,4)49(41)50(42)53(5,6)46(36)30-32/h7-30H,1-6H3. The molecule has 0 bridgehead atoms. The van der Waals surface area contributed by atoms with Crippen LogP contribution in [0.4, 0.5) is 0 Å². The molecule has 0 nitrogen and oxygen atoms in total. The number of benzene rings is 8. The first-order chi connectivity index (χ1) is 25.6. The Morgan fingerprint density at radius 1 is 0.283 bits per heavy atom. The summed E-state index contributed by atoms with van der Waals surface area (Å²) in [6, 6.07) is 55.5. The lowest BCUT2D eigenvalue weighted by molar-refractivity contribution is 0.601. The third-order valence-electron chi connectivity index (χ3n) is 13.4. The van der Waals surface area contributed by atoms with Crippen LogP contribution in [0.2, 0.25) is 0 Å². The van der Waals surface area contributed by atoms with Crippen molar-refractivity contribution < 1.29 is 0 Å². The van der Waals surface area contributed by atoms with Gasteiger partial charge >= 0.3 is 0 Å². The molecule has 11 rings (SSSR count). The van der Waals surface area contributed by atoms with E-state index in [9.17, 15) is 0 Å². The van der Waals surface area contributed by atoms with Crippen LogP contribution in [0.3, 0.4) is 0 Å². The van der Waals surface area contributed by atoms with Gasteiger partial charge in [-0.2, -0.15) is 0 Å². The number of hydrogen-bond acceptors (Lipinski definition) is 0. The van der Waals surface area contributed by atoms with Gasteiger partial charge in [-0.1, -0.05) is 175 Å². The van der Waals surface area contributed by atoms with E-state index in [-0.39, 0.29) is 16.2 Å². The summed E-state index contributed by atoms with van der Waals surface area (Å²) in [5.74, 6) is 0. The van der Waals surface area contributed by atoms with Crippen molar-refractivity contribution in [1.29, 1.82) is 0 Å². The van der Waals surface area contributed by atoms with Crippen molar-refractivity contribution in [2.75, 3.05) is 0 Å². The van der Waals surface area contributed by atoms with Crippen molar-refractivity contribution in [3.63, 3.8) is 0 Å². The van der Waals surface area contributed by atoms with Gasteiger partial charge < -0.3 is 0 Å². The van der Waals surface area contributed by atoms with Gasteiger partial charge in [0.1, 0.15) is 0 Å². The molecule has 0 heterocycles. The second kappa shape index (κ2) is 10.2. The third-order valence-corrected chi connectivity index (χ3v) is 13.4. The third kappa shape index (κ3) is 3.86. The average molecular weight is 679 g/mol. The molecule has 0 spiro atoms. The fourth-order valence-electron chi connectivity index (χ4n) is 10.9. The predicted molar refractivity (Wildman–Crippen MR) is 225 cm³/mol. The fraction of sp³-hybridized carbons (Fsp3) is 0.170. The van der Waals surface area contributed by atoms with E-state index in [0.717, 1.165) is 0 Å². The molecule has 0 amide bonds. The lowest BCUT2D eigenvalue weighted by Crippen LogP contribution is -2.24. The minimum absolute atomic E-state index is 0.0552. The van der Waals surface area contributed by atoms with Crippen molar-refractivity contribution in [3.8, 4) is 55.6 Å². The SMILES string of the molecule is CC1(C)c2ccccc2-c2ccc(-c3c4ccccc4c(-c4ccc5c(c4)C(C)(C)c4c-5ccc5c4C(C)(C)c4ccccc4-5)c4ccccc34)cc21. The molecular weight excluding hydrogens is 637 g/mol. The van der Waals surface area contributed by atoms with Gasteiger partial charge in [-0.25, -0.2) is 0 Å². The molecule has 0 unspecified atom stereocenters. The van der Waals surface area contributed by atoms with E-state index in [0.29, 0.717) is 0 Å². The second-order valence-corrected chi connectivity index (χ2v) is 17.2. The predicted octanol–water partition coefficient (Wildman–Crippen LogP) is 14.2. The summed E-state index contributed by atoms with van der Waals surface area (Å²) in [6.45, 7) is 14.5. The van der Waals surface area contributed by atoms with Crippen LogP contribution >= 0.6 is 0 Å². The van der Waals surface area contributed by atoms with Gasteiger partial charge in [0.05, 0.1) is 0 Å². The van der Waals surface area contributed by atoms with Gasteiger partial charge in [-0.3, -0.25) is 0 Å². The van der Waals surface area contributed by atoms with Gasteiger partial charge in [-0.15, -0.1) is 0 Å². The second-order valence-electron chi connectivity index (χ2n) is 17.2. The van der Waals surface area contributed by atoms with Gasteiger partial charge in [0.2, 0.25) is 0 Å². The molecule has 53 heavy (non-hydrogen) atoms. The monoisotopic (exact) mass is 678 g/mol. The maximum atomic E-state index is 2.53. The topological polar surface area (TPSA) is 0 Å². The summed E-state index contributed by atoms with van der Waals surface area (Å²) in [6.07, 6.45) is 0. The molecule has 0 atom stereocenters. The normalized spacial score (nSPS) is 16.2. The van der Waals surface area contributed by atoms with Gasteiger partial charge in [-0.05, 0) is 123 Å². The van der Waals surface area contributed by atoms with E-state index in [1.54, 1.807) is 0 Å². The minimum atomic E-state index is -0.147. The summed E-state index contributed by atoms with van der Waals surface area (Å²) < 4.78 is 0. The lowest BCUT2D eigenvalue weighted by atomic mass is 9.72. The number of fused-ring (bicyclic) bond motifs is 12. The van der Waals surface area contributed by atoms with E-state index in [1.165, 1.54) is 111 Å². The Balaban J connectivity index is 1.12. The van der Waals surface area contributed by atoms with Crippen molar-refractivity contribution in [1.82, 2.24) is 0 Å². The van der Waals surface area contributed by atoms with Crippen molar-refractivity contribution in [3.05, 3.63) is 179 Å². The molecule has 0 heteroatoms. The highest BCUT2D eigenvalue weighted by Crippen LogP contribution is 2.60. The summed E-state index contributed by atoms with van der Waals surface area (Å²) >= 11 is 0. The first kappa shape index (κ1) is 30.9. The van der Waals surface area contributed by atoms with Crippen LogP contribution in [0.5, 0.6) is 0 Å². The van der Waals surface area contributed by atoms with Gasteiger partial charge in [0.25, 0.3) is 0 Å². The Kier molecular flexibility index (Phi) is 5.96. The Bertz CT molecular complexity index is 2850.